The van der Waals surface area contributed by atoms with Gasteiger partial charge in [-0.15, -0.1) is 0 Å². The number of amides is 1. The van der Waals surface area contributed by atoms with E-state index in [0.29, 0.717) is 29.6 Å². The van der Waals surface area contributed by atoms with Crippen molar-refractivity contribution in [3.8, 4) is 0 Å². The number of aryl methyl sites for hydroxylation is 1. The van der Waals surface area contributed by atoms with Gasteiger partial charge in [-0.3, -0.25) is 9.48 Å². The van der Waals surface area contributed by atoms with Crippen molar-refractivity contribution in [3.63, 3.8) is 0 Å². The van der Waals surface area contributed by atoms with E-state index in [1.165, 1.54) is 0 Å². The summed E-state index contributed by atoms with van der Waals surface area (Å²) >= 11 is 6.40. The number of rotatable bonds is 4. The predicted molar refractivity (Wildman–Crippen MR) is 107 cm³/mol. The molecule has 2 aromatic rings. The number of fused-ring (bicyclic) bond motifs is 2. The van der Waals surface area contributed by atoms with Crippen LogP contribution in [0.3, 0.4) is 0 Å². The molecule has 0 radical (unpaired) electrons. The molecule has 2 bridgehead atoms. The van der Waals surface area contributed by atoms with Gasteiger partial charge in [-0.1, -0.05) is 17.7 Å². The number of hydrogen-bond acceptors (Lipinski definition) is 5. The Morgan fingerprint density at radius 1 is 1.37 bits per heavy atom. The molecule has 2 fully saturated rings. The standard InChI is InChI=1S/C20H21ClF2N6O/c1-28-10-13(7-25-28)26-19-24-8-16(21)17(27-19)12-3-2-11-4-14(5-12)29(9-11)18(30)15-6-20(15,22)23/h3,7-8,10-11,14-15H,2,4-6,9H2,1H3,(H,24,26,27)/t11?,14-,15-/m0/s1. The minimum atomic E-state index is -2.84. The van der Waals surface area contributed by atoms with Gasteiger partial charge in [-0.05, 0) is 30.8 Å². The first-order valence-corrected chi connectivity index (χ1v) is 10.3. The van der Waals surface area contributed by atoms with E-state index in [-0.39, 0.29) is 18.4 Å². The summed E-state index contributed by atoms with van der Waals surface area (Å²) < 4.78 is 28.5. The van der Waals surface area contributed by atoms with Crippen LogP contribution in [0.4, 0.5) is 20.4 Å². The molecule has 30 heavy (non-hydrogen) atoms. The Hall–Kier alpha value is -2.55. The minimum absolute atomic E-state index is 0.103. The monoisotopic (exact) mass is 434 g/mol. The zero-order chi connectivity index (χ0) is 21.0. The number of anilines is 2. The van der Waals surface area contributed by atoms with Crippen LogP contribution in [0.15, 0.2) is 24.7 Å². The summed E-state index contributed by atoms with van der Waals surface area (Å²) in [5, 5.41) is 7.63. The Kier molecular flexibility index (Phi) is 4.53. The van der Waals surface area contributed by atoms with E-state index in [0.717, 1.165) is 24.1 Å². The summed E-state index contributed by atoms with van der Waals surface area (Å²) in [7, 11) is 1.81. The Balaban J connectivity index is 1.37. The molecule has 3 atom stereocenters. The number of nitrogens with zero attached hydrogens (tertiary/aromatic N) is 5. The summed E-state index contributed by atoms with van der Waals surface area (Å²) in [4.78, 5) is 23.1. The lowest BCUT2D eigenvalue weighted by Crippen LogP contribution is -2.38. The van der Waals surface area contributed by atoms with Gasteiger partial charge in [0, 0.05) is 32.3 Å². The van der Waals surface area contributed by atoms with Crippen LogP contribution in [0.1, 0.15) is 31.4 Å². The van der Waals surface area contributed by atoms with Gasteiger partial charge in [0.2, 0.25) is 11.9 Å². The minimum Gasteiger partial charge on any atom is -0.339 e. The van der Waals surface area contributed by atoms with E-state index in [1.54, 1.807) is 28.2 Å². The van der Waals surface area contributed by atoms with Crippen LogP contribution in [-0.4, -0.2) is 49.1 Å². The van der Waals surface area contributed by atoms with Crippen molar-refractivity contribution in [3.05, 3.63) is 35.4 Å². The second-order valence-corrected chi connectivity index (χ2v) is 8.76. The van der Waals surface area contributed by atoms with Crippen molar-refractivity contribution in [2.75, 3.05) is 11.9 Å². The maximum Gasteiger partial charge on any atom is 0.260 e. The fraction of sp³-hybridized carbons (Fsp3) is 0.500. The van der Waals surface area contributed by atoms with Crippen LogP contribution in [-0.2, 0) is 11.8 Å². The molecule has 2 aliphatic carbocycles. The second kappa shape index (κ2) is 7.01. The third-order valence-electron chi connectivity index (χ3n) is 6.07. The number of hydrogen-bond donors (Lipinski definition) is 1. The van der Waals surface area contributed by atoms with Crippen LogP contribution >= 0.6 is 11.6 Å². The van der Waals surface area contributed by atoms with Crippen molar-refractivity contribution in [1.29, 1.82) is 0 Å². The smallest absolute Gasteiger partial charge is 0.260 e. The highest BCUT2D eigenvalue weighted by atomic mass is 35.5. The quantitative estimate of drug-likeness (QED) is 0.794. The highest BCUT2D eigenvalue weighted by Gasteiger charge is 2.63. The molecular formula is C20H21ClF2N6O. The summed E-state index contributed by atoms with van der Waals surface area (Å²) in [6, 6.07) is -0.103. The third-order valence-corrected chi connectivity index (χ3v) is 6.35. The molecule has 5 rings (SSSR count). The third kappa shape index (κ3) is 3.55. The number of alkyl halides is 2. The van der Waals surface area contributed by atoms with Gasteiger partial charge in [0.25, 0.3) is 5.92 Å². The van der Waals surface area contributed by atoms with Gasteiger partial charge >= 0.3 is 0 Å². The summed E-state index contributed by atoms with van der Waals surface area (Å²) in [5.41, 5.74) is 2.28. The van der Waals surface area contributed by atoms with Crippen LogP contribution in [0, 0.1) is 11.8 Å². The fourth-order valence-corrected chi connectivity index (χ4v) is 4.65. The molecule has 3 aliphatic rings. The zero-order valence-electron chi connectivity index (χ0n) is 16.4. The van der Waals surface area contributed by atoms with E-state index in [2.05, 4.69) is 26.5 Å². The number of halogens is 3. The molecule has 1 unspecified atom stereocenters. The van der Waals surface area contributed by atoms with E-state index in [4.69, 9.17) is 11.6 Å². The Bertz CT molecular complexity index is 1040. The SMILES string of the molecule is Cn1cc(Nc2ncc(Cl)c(C3=CCC4C[C@@H](C3)N(C(=O)[C@@H]3CC3(F)F)C4)n2)cn1. The Morgan fingerprint density at radius 3 is 2.87 bits per heavy atom. The van der Waals surface area contributed by atoms with Gasteiger partial charge in [0.05, 0.1) is 28.8 Å². The normalized spacial score (nSPS) is 26.9. The molecule has 10 heteroatoms. The van der Waals surface area contributed by atoms with Gasteiger partial charge in [0.1, 0.15) is 5.92 Å². The Labute approximate surface area is 177 Å². The number of carbonyl (C=O) groups excluding carboxylic acids is 1. The molecule has 1 saturated heterocycles. The fourth-order valence-electron chi connectivity index (χ4n) is 4.44. The van der Waals surface area contributed by atoms with Crippen LogP contribution in [0.5, 0.6) is 0 Å². The highest BCUT2D eigenvalue weighted by Crippen LogP contribution is 2.51. The average molecular weight is 435 g/mol. The van der Waals surface area contributed by atoms with Gasteiger partial charge in [-0.2, -0.15) is 5.10 Å². The topological polar surface area (TPSA) is 75.9 Å². The highest BCUT2D eigenvalue weighted by molar-refractivity contribution is 6.32. The summed E-state index contributed by atoms with van der Waals surface area (Å²) in [6.07, 6.45) is 8.92. The summed E-state index contributed by atoms with van der Waals surface area (Å²) in [6.45, 7) is 0.547. The molecule has 7 nitrogen and oxygen atoms in total. The molecule has 1 N–H and O–H groups in total. The van der Waals surface area contributed by atoms with Crippen LogP contribution < -0.4 is 5.32 Å². The first kappa shape index (κ1) is 19.4. The van der Waals surface area contributed by atoms with Gasteiger partial charge in [-0.25, -0.2) is 18.7 Å². The van der Waals surface area contributed by atoms with Crippen molar-refractivity contribution in [2.45, 2.75) is 37.6 Å². The number of likely N-dealkylation sites (tertiary alicyclic amines) is 1. The molecule has 0 spiro atoms. The van der Waals surface area contributed by atoms with E-state index >= 15 is 0 Å². The number of nitrogens with one attached hydrogen (secondary N) is 1. The number of carbonyl (C=O) groups is 1. The molecule has 1 aliphatic heterocycles. The van der Waals surface area contributed by atoms with Crippen molar-refractivity contribution < 1.29 is 13.6 Å². The second-order valence-electron chi connectivity index (χ2n) is 8.35. The lowest BCUT2D eigenvalue weighted by atomic mass is 10.0. The largest absolute Gasteiger partial charge is 0.339 e. The zero-order valence-corrected chi connectivity index (χ0v) is 17.1. The van der Waals surface area contributed by atoms with E-state index < -0.39 is 17.7 Å². The first-order chi connectivity index (χ1) is 14.3. The predicted octanol–water partition coefficient (Wildman–Crippen LogP) is 3.66. The van der Waals surface area contributed by atoms with E-state index in [9.17, 15) is 13.6 Å². The van der Waals surface area contributed by atoms with Crippen molar-refractivity contribution >= 4 is 34.7 Å². The van der Waals surface area contributed by atoms with Gasteiger partial charge in [0.15, 0.2) is 0 Å². The first-order valence-electron chi connectivity index (χ1n) is 9.96. The van der Waals surface area contributed by atoms with Crippen LogP contribution in [0.2, 0.25) is 5.02 Å². The number of allylic oxidation sites excluding steroid dienone is 1. The maximum atomic E-state index is 13.4. The summed E-state index contributed by atoms with van der Waals surface area (Å²) in [5.74, 6) is -3.74. The molecule has 2 aromatic heterocycles. The molecule has 0 aromatic carbocycles. The van der Waals surface area contributed by atoms with E-state index in [1.807, 2.05) is 7.05 Å². The van der Waals surface area contributed by atoms with Crippen molar-refractivity contribution in [1.82, 2.24) is 24.6 Å². The van der Waals surface area contributed by atoms with Crippen LogP contribution in [0.25, 0.3) is 5.57 Å². The van der Waals surface area contributed by atoms with Gasteiger partial charge < -0.3 is 10.2 Å². The average Bonchev–Trinajstić information content (AvgIpc) is 2.98. The molecule has 1 amide bonds. The molecule has 1 saturated carbocycles. The molecular weight excluding hydrogens is 414 g/mol. The van der Waals surface area contributed by atoms with Crippen molar-refractivity contribution in [2.24, 2.45) is 18.9 Å². The number of aromatic nitrogens is 4. The Morgan fingerprint density at radius 2 is 2.17 bits per heavy atom. The lowest BCUT2D eigenvalue weighted by Gasteiger charge is -2.26. The lowest BCUT2D eigenvalue weighted by molar-refractivity contribution is -0.135. The molecule has 3 heterocycles. The maximum absolute atomic E-state index is 13.4. The molecule has 158 valence electrons.